The quantitative estimate of drug-likeness (QED) is 0.809. The zero-order valence-electron chi connectivity index (χ0n) is 13.2. The van der Waals surface area contributed by atoms with E-state index in [0.29, 0.717) is 17.6 Å². The van der Waals surface area contributed by atoms with E-state index in [4.69, 9.17) is 9.47 Å². The van der Waals surface area contributed by atoms with E-state index in [-0.39, 0.29) is 12.5 Å². The Morgan fingerprint density at radius 2 is 2.14 bits per heavy atom. The van der Waals surface area contributed by atoms with Gasteiger partial charge in [0.15, 0.2) is 6.61 Å². The number of methoxy groups -OCH3 is 1. The molecule has 4 nitrogen and oxygen atoms in total. The maximum absolute atomic E-state index is 12.2. The van der Waals surface area contributed by atoms with Gasteiger partial charge in [-0.1, -0.05) is 19.9 Å². The monoisotopic (exact) mass is 291 g/mol. The van der Waals surface area contributed by atoms with Gasteiger partial charge < -0.3 is 14.4 Å². The van der Waals surface area contributed by atoms with Crippen molar-refractivity contribution in [2.75, 3.05) is 26.8 Å². The van der Waals surface area contributed by atoms with E-state index in [2.05, 4.69) is 13.8 Å². The Morgan fingerprint density at radius 1 is 1.38 bits per heavy atom. The molecule has 0 saturated carbocycles. The fraction of sp³-hybridized carbons (Fsp3) is 0.588. The van der Waals surface area contributed by atoms with Crippen molar-refractivity contribution in [3.63, 3.8) is 0 Å². The number of rotatable bonds is 6. The van der Waals surface area contributed by atoms with Gasteiger partial charge in [0, 0.05) is 19.2 Å². The summed E-state index contributed by atoms with van der Waals surface area (Å²) in [6.07, 6.45) is 2.31. The van der Waals surface area contributed by atoms with Gasteiger partial charge >= 0.3 is 0 Å². The molecule has 0 aliphatic carbocycles. The molecule has 0 unspecified atom stereocenters. The molecule has 0 bridgehead atoms. The number of ether oxygens (including phenoxy) is 2. The first-order valence-corrected chi connectivity index (χ1v) is 7.63. The van der Waals surface area contributed by atoms with Crippen LogP contribution in [-0.4, -0.2) is 37.6 Å². The number of hydrogen-bond donors (Lipinski definition) is 0. The lowest BCUT2D eigenvalue weighted by Gasteiger charge is -2.17. The zero-order valence-corrected chi connectivity index (χ0v) is 13.2. The molecule has 4 heteroatoms. The van der Waals surface area contributed by atoms with Gasteiger partial charge in [-0.3, -0.25) is 4.79 Å². The van der Waals surface area contributed by atoms with Crippen molar-refractivity contribution >= 4 is 5.91 Å². The minimum Gasteiger partial charge on any atom is -0.497 e. The van der Waals surface area contributed by atoms with Crippen molar-refractivity contribution in [2.45, 2.75) is 26.7 Å². The van der Waals surface area contributed by atoms with Gasteiger partial charge in [-0.05, 0) is 36.8 Å². The highest BCUT2D eigenvalue weighted by Crippen LogP contribution is 2.24. The molecular weight excluding hydrogens is 266 g/mol. The summed E-state index contributed by atoms with van der Waals surface area (Å²) in [5.41, 5.74) is 0. The molecule has 116 valence electrons. The van der Waals surface area contributed by atoms with Gasteiger partial charge in [-0.25, -0.2) is 0 Å². The molecule has 0 radical (unpaired) electrons. The van der Waals surface area contributed by atoms with Gasteiger partial charge in [0.1, 0.15) is 11.5 Å². The van der Waals surface area contributed by atoms with Crippen LogP contribution in [0.5, 0.6) is 11.5 Å². The van der Waals surface area contributed by atoms with Crippen LogP contribution in [-0.2, 0) is 4.79 Å². The van der Waals surface area contributed by atoms with Gasteiger partial charge in [0.2, 0.25) is 0 Å². The van der Waals surface area contributed by atoms with Crippen molar-refractivity contribution in [3.8, 4) is 11.5 Å². The number of nitrogens with zero attached hydrogens (tertiary/aromatic N) is 1. The smallest absolute Gasteiger partial charge is 0.260 e. The van der Waals surface area contributed by atoms with Crippen LogP contribution in [0.1, 0.15) is 26.7 Å². The first kappa shape index (κ1) is 15.7. The van der Waals surface area contributed by atoms with Crippen molar-refractivity contribution in [1.29, 1.82) is 0 Å². The number of likely N-dealkylation sites (tertiary alicyclic amines) is 1. The Balaban J connectivity index is 1.79. The molecule has 1 heterocycles. The Bertz CT molecular complexity index is 473. The Labute approximate surface area is 127 Å². The van der Waals surface area contributed by atoms with E-state index in [1.807, 2.05) is 23.1 Å². The molecule has 0 spiro atoms. The summed E-state index contributed by atoms with van der Waals surface area (Å²) < 4.78 is 10.7. The second kappa shape index (κ2) is 7.34. The Kier molecular flexibility index (Phi) is 5.48. The standard InChI is InChI=1S/C17H25NO3/c1-13(2)9-14-7-8-18(11-14)17(19)12-21-16-6-4-5-15(10-16)20-3/h4-6,10,13-14H,7-9,11-12H2,1-3H3/t14-/m1/s1. The minimum atomic E-state index is 0.0732. The lowest BCUT2D eigenvalue weighted by Crippen LogP contribution is -2.33. The number of carbonyl (C=O) groups is 1. The Morgan fingerprint density at radius 3 is 2.86 bits per heavy atom. The van der Waals surface area contributed by atoms with Crippen LogP contribution >= 0.6 is 0 Å². The van der Waals surface area contributed by atoms with Gasteiger partial charge in [0.25, 0.3) is 5.91 Å². The van der Waals surface area contributed by atoms with E-state index < -0.39 is 0 Å². The lowest BCUT2D eigenvalue weighted by molar-refractivity contribution is -0.132. The molecule has 21 heavy (non-hydrogen) atoms. The summed E-state index contributed by atoms with van der Waals surface area (Å²) in [7, 11) is 1.61. The maximum atomic E-state index is 12.2. The molecule has 1 atom stereocenters. The first-order chi connectivity index (χ1) is 10.1. The summed E-state index contributed by atoms with van der Waals surface area (Å²) in [5, 5.41) is 0. The van der Waals surface area contributed by atoms with Gasteiger partial charge in [-0.2, -0.15) is 0 Å². The predicted octanol–water partition coefficient (Wildman–Crippen LogP) is 2.97. The third-order valence-electron chi connectivity index (χ3n) is 3.85. The minimum absolute atomic E-state index is 0.0732. The van der Waals surface area contributed by atoms with Crippen LogP contribution < -0.4 is 9.47 Å². The summed E-state index contributed by atoms with van der Waals surface area (Å²) in [6, 6.07) is 7.33. The molecule has 1 aliphatic heterocycles. The molecule has 1 fully saturated rings. The summed E-state index contributed by atoms with van der Waals surface area (Å²) in [6.45, 7) is 6.30. The second-order valence-corrected chi connectivity index (χ2v) is 6.09. The van der Waals surface area contributed by atoms with Crippen molar-refractivity contribution in [3.05, 3.63) is 24.3 Å². The average Bonchev–Trinajstić information content (AvgIpc) is 2.92. The van der Waals surface area contributed by atoms with Crippen LogP contribution in [0.2, 0.25) is 0 Å². The normalized spacial score (nSPS) is 18.1. The molecule has 0 N–H and O–H groups in total. The fourth-order valence-corrected chi connectivity index (χ4v) is 2.85. The molecule has 1 amide bonds. The molecule has 1 aromatic carbocycles. The topological polar surface area (TPSA) is 38.8 Å². The number of carbonyl (C=O) groups excluding carboxylic acids is 1. The first-order valence-electron chi connectivity index (χ1n) is 7.63. The molecule has 1 aliphatic rings. The Hall–Kier alpha value is -1.71. The van der Waals surface area contributed by atoms with Crippen molar-refractivity contribution < 1.29 is 14.3 Å². The maximum Gasteiger partial charge on any atom is 0.260 e. The van der Waals surface area contributed by atoms with Crippen LogP contribution in [0.25, 0.3) is 0 Å². The van der Waals surface area contributed by atoms with Crippen molar-refractivity contribution in [1.82, 2.24) is 4.90 Å². The SMILES string of the molecule is COc1cccc(OCC(=O)N2CC[C@H](CC(C)C)C2)c1. The van der Waals surface area contributed by atoms with E-state index in [9.17, 15) is 4.79 Å². The van der Waals surface area contributed by atoms with E-state index in [0.717, 1.165) is 25.3 Å². The van der Waals surface area contributed by atoms with Crippen LogP contribution in [0.3, 0.4) is 0 Å². The average molecular weight is 291 g/mol. The van der Waals surface area contributed by atoms with Crippen LogP contribution in [0.15, 0.2) is 24.3 Å². The molecule has 1 saturated heterocycles. The predicted molar refractivity (Wildman–Crippen MR) is 82.6 cm³/mol. The number of benzene rings is 1. The number of hydrogen-bond acceptors (Lipinski definition) is 3. The lowest BCUT2D eigenvalue weighted by atomic mass is 9.97. The van der Waals surface area contributed by atoms with Crippen molar-refractivity contribution in [2.24, 2.45) is 11.8 Å². The van der Waals surface area contributed by atoms with Crippen LogP contribution in [0.4, 0.5) is 0 Å². The summed E-state index contributed by atoms with van der Waals surface area (Å²) in [4.78, 5) is 14.1. The summed E-state index contributed by atoms with van der Waals surface area (Å²) in [5.74, 6) is 2.81. The zero-order chi connectivity index (χ0) is 15.2. The second-order valence-electron chi connectivity index (χ2n) is 6.09. The molecule has 0 aromatic heterocycles. The highest BCUT2D eigenvalue weighted by molar-refractivity contribution is 5.78. The fourth-order valence-electron chi connectivity index (χ4n) is 2.85. The molecule has 2 rings (SSSR count). The van der Waals surface area contributed by atoms with E-state index in [1.54, 1.807) is 13.2 Å². The van der Waals surface area contributed by atoms with Crippen LogP contribution in [0, 0.1) is 11.8 Å². The molecule has 1 aromatic rings. The third kappa shape index (κ3) is 4.66. The van der Waals surface area contributed by atoms with E-state index in [1.165, 1.54) is 6.42 Å². The van der Waals surface area contributed by atoms with Gasteiger partial charge in [0.05, 0.1) is 7.11 Å². The highest BCUT2D eigenvalue weighted by atomic mass is 16.5. The summed E-state index contributed by atoms with van der Waals surface area (Å²) >= 11 is 0. The van der Waals surface area contributed by atoms with E-state index >= 15 is 0 Å². The molecular formula is C17H25NO3. The highest BCUT2D eigenvalue weighted by Gasteiger charge is 2.26. The number of amides is 1. The largest absolute Gasteiger partial charge is 0.497 e. The van der Waals surface area contributed by atoms with Gasteiger partial charge in [-0.15, -0.1) is 0 Å². The third-order valence-corrected chi connectivity index (χ3v) is 3.85.